The van der Waals surface area contributed by atoms with Gasteiger partial charge in [0.05, 0.1) is 23.7 Å². The van der Waals surface area contributed by atoms with E-state index in [1.54, 1.807) is 6.92 Å². The highest BCUT2D eigenvalue weighted by Gasteiger charge is 2.12. The van der Waals surface area contributed by atoms with E-state index in [1.165, 1.54) is 19.1 Å². The van der Waals surface area contributed by atoms with Crippen molar-refractivity contribution in [3.63, 3.8) is 0 Å². The van der Waals surface area contributed by atoms with Gasteiger partial charge in [0.25, 0.3) is 0 Å². The van der Waals surface area contributed by atoms with Gasteiger partial charge >= 0.3 is 5.97 Å². The summed E-state index contributed by atoms with van der Waals surface area (Å²) in [5.41, 5.74) is 5.37. The summed E-state index contributed by atoms with van der Waals surface area (Å²) in [5, 5.41) is 17.9. The SMILES string of the molecule is C=C(NC(/C=C/C(=O)OCC)CCC(N)=O)C(=N)C(C)=N.c1ccccc1. The fourth-order valence-electron chi connectivity index (χ4n) is 1.81. The van der Waals surface area contributed by atoms with Crippen molar-refractivity contribution in [2.24, 2.45) is 5.73 Å². The van der Waals surface area contributed by atoms with Gasteiger partial charge in [0.15, 0.2) is 0 Å². The van der Waals surface area contributed by atoms with Gasteiger partial charge in [-0.15, -0.1) is 0 Å². The molecule has 27 heavy (non-hydrogen) atoms. The van der Waals surface area contributed by atoms with Gasteiger partial charge in [0.1, 0.15) is 0 Å². The van der Waals surface area contributed by atoms with E-state index in [1.807, 2.05) is 36.4 Å². The number of benzene rings is 1. The van der Waals surface area contributed by atoms with Crippen molar-refractivity contribution in [1.82, 2.24) is 5.32 Å². The lowest BCUT2D eigenvalue weighted by Gasteiger charge is -2.18. The van der Waals surface area contributed by atoms with E-state index < -0.39 is 17.9 Å². The third kappa shape index (κ3) is 12.7. The molecule has 1 aromatic rings. The fourth-order valence-corrected chi connectivity index (χ4v) is 1.81. The maximum Gasteiger partial charge on any atom is 0.330 e. The maximum absolute atomic E-state index is 11.3. The molecule has 0 spiro atoms. The average molecular weight is 372 g/mol. The molecule has 0 heterocycles. The maximum atomic E-state index is 11.3. The highest BCUT2D eigenvalue weighted by molar-refractivity contribution is 6.44. The predicted octanol–water partition coefficient (Wildman–Crippen LogP) is 2.59. The van der Waals surface area contributed by atoms with Crippen LogP contribution in [0.15, 0.2) is 60.8 Å². The average Bonchev–Trinajstić information content (AvgIpc) is 2.65. The van der Waals surface area contributed by atoms with Crippen LogP contribution in [-0.4, -0.2) is 35.9 Å². The third-order valence-electron chi connectivity index (χ3n) is 3.16. The first-order valence-corrected chi connectivity index (χ1v) is 8.51. The molecule has 146 valence electrons. The highest BCUT2D eigenvalue weighted by atomic mass is 16.5. The van der Waals surface area contributed by atoms with Crippen LogP contribution < -0.4 is 11.1 Å². The van der Waals surface area contributed by atoms with Crippen molar-refractivity contribution in [3.8, 4) is 0 Å². The predicted molar refractivity (Wildman–Crippen MR) is 108 cm³/mol. The quantitative estimate of drug-likeness (QED) is 0.286. The number of carbonyl (C=O) groups excluding carboxylic acids is 2. The van der Waals surface area contributed by atoms with E-state index in [9.17, 15) is 9.59 Å². The van der Waals surface area contributed by atoms with E-state index in [0.717, 1.165) is 0 Å². The number of carbonyl (C=O) groups is 2. The molecule has 0 saturated heterocycles. The first-order chi connectivity index (χ1) is 12.8. The summed E-state index contributed by atoms with van der Waals surface area (Å²) < 4.78 is 4.76. The molecule has 1 amide bonds. The van der Waals surface area contributed by atoms with Crippen LogP contribution in [0.4, 0.5) is 0 Å². The third-order valence-corrected chi connectivity index (χ3v) is 3.16. The van der Waals surface area contributed by atoms with Crippen LogP contribution in [0.5, 0.6) is 0 Å². The minimum absolute atomic E-state index is 0.0383. The summed E-state index contributed by atoms with van der Waals surface area (Å²) in [6, 6.07) is 11.6. The number of nitrogens with one attached hydrogen (secondary N) is 3. The van der Waals surface area contributed by atoms with Crippen LogP contribution in [0, 0.1) is 10.8 Å². The normalized spacial score (nSPS) is 10.9. The Bertz CT molecular complexity index is 642. The molecular formula is C20H28N4O3. The van der Waals surface area contributed by atoms with Crippen LogP contribution in [-0.2, 0) is 14.3 Å². The number of esters is 1. The van der Waals surface area contributed by atoms with Gasteiger partial charge in [0.2, 0.25) is 5.91 Å². The molecule has 0 bridgehead atoms. The van der Waals surface area contributed by atoms with Crippen LogP contribution in [0.25, 0.3) is 0 Å². The van der Waals surface area contributed by atoms with Gasteiger partial charge in [-0.25, -0.2) is 4.79 Å². The zero-order valence-electron chi connectivity index (χ0n) is 15.8. The summed E-state index contributed by atoms with van der Waals surface area (Å²) in [6.07, 6.45) is 3.23. The van der Waals surface area contributed by atoms with Crippen molar-refractivity contribution in [2.45, 2.75) is 32.7 Å². The number of hydrogen-bond donors (Lipinski definition) is 4. The van der Waals surface area contributed by atoms with Gasteiger partial charge < -0.3 is 21.2 Å². The molecule has 5 N–H and O–H groups in total. The second-order valence-corrected chi connectivity index (χ2v) is 5.50. The molecular weight excluding hydrogens is 344 g/mol. The number of primary amides is 1. The highest BCUT2D eigenvalue weighted by Crippen LogP contribution is 2.03. The number of nitrogens with two attached hydrogens (primary N) is 1. The number of allylic oxidation sites excluding steroid dienone is 1. The molecule has 0 saturated carbocycles. The molecule has 0 aliphatic heterocycles. The van der Waals surface area contributed by atoms with E-state index >= 15 is 0 Å². The second-order valence-electron chi connectivity index (χ2n) is 5.50. The zero-order valence-corrected chi connectivity index (χ0v) is 15.8. The largest absolute Gasteiger partial charge is 0.463 e. The van der Waals surface area contributed by atoms with Crippen LogP contribution >= 0.6 is 0 Å². The van der Waals surface area contributed by atoms with Crippen molar-refractivity contribution in [3.05, 3.63) is 60.8 Å². The topological polar surface area (TPSA) is 129 Å². The van der Waals surface area contributed by atoms with E-state index in [0.29, 0.717) is 6.42 Å². The molecule has 0 radical (unpaired) electrons. The number of amides is 1. The van der Waals surface area contributed by atoms with Gasteiger partial charge in [-0.3, -0.25) is 10.2 Å². The van der Waals surface area contributed by atoms with Crippen LogP contribution in [0.3, 0.4) is 0 Å². The summed E-state index contributed by atoms with van der Waals surface area (Å²) in [6.45, 7) is 7.11. The standard InChI is InChI=1S/C14H22N4O3.C6H6/c1-4-21-13(20)8-6-11(5-7-12(16)19)18-10(3)14(17)9(2)15;1-2-4-6-5-3-1/h6,8,11,15,17-18H,3-5,7H2,1-2H3,(H2,16,19);1-6H/b8-6+,15-9?,17-14?;. The summed E-state index contributed by atoms with van der Waals surface area (Å²) in [7, 11) is 0. The van der Waals surface area contributed by atoms with E-state index in [4.69, 9.17) is 21.3 Å². The number of rotatable bonds is 10. The van der Waals surface area contributed by atoms with E-state index in [-0.39, 0.29) is 30.1 Å². The molecule has 1 aromatic carbocycles. The molecule has 1 rings (SSSR count). The van der Waals surface area contributed by atoms with Crippen LogP contribution in [0.1, 0.15) is 26.7 Å². The van der Waals surface area contributed by atoms with Crippen LogP contribution in [0.2, 0.25) is 0 Å². The van der Waals surface area contributed by atoms with Gasteiger partial charge in [0, 0.05) is 18.5 Å². The van der Waals surface area contributed by atoms with Gasteiger partial charge in [-0.2, -0.15) is 0 Å². The fraction of sp³-hybridized carbons (Fsp3) is 0.300. The molecule has 7 nitrogen and oxygen atoms in total. The lowest BCUT2D eigenvalue weighted by atomic mass is 10.1. The van der Waals surface area contributed by atoms with E-state index in [2.05, 4.69) is 11.9 Å². The Kier molecular flexibility index (Phi) is 12.3. The summed E-state index contributed by atoms with van der Waals surface area (Å²) in [5.74, 6) is -0.956. The first-order valence-electron chi connectivity index (χ1n) is 8.51. The number of ether oxygens (including phenoxy) is 1. The Morgan fingerprint density at radius 2 is 1.70 bits per heavy atom. The summed E-state index contributed by atoms with van der Waals surface area (Å²) >= 11 is 0. The van der Waals surface area contributed by atoms with Crippen molar-refractivity contribution in [1.29, 1.82) is 10.8 Å². The lowest BCUT2D eigenvalue weighted by Crippen LogP contribution is -2.32. The Labute approximate surface area is 160 Å². The molecule has 1 atom stereocenters. The van der Waals surface area contributed by atoms with Gasteiger partial charge in [-0.05, 0) is 20.3 Å². The van der Waals surface area contributed by atoms with Crippen molar-refractivity contribution in [2.75, 3.05) is 6.61 Å². The number of hydrogen-bond acceptors (Lipinski definition) is 6. The minimum Gasteiger partial charge on any atom is -0.463 e. The lowest BCUT2D eigenvalue weighted by molar-refractivity contribution is -0.137. The zero-order chi connectivity index (χ0) is 20.7. The molecule has 1 unspecified atom stereocenters. The Morgan fingerprint density at radius 1 is 1.19 bits per heavy atom. The minimum atomic E-state index is -0.493. The second kappa shape index (κ2) is 14.0. The summed E-state index contributed by atoms with van der Waals surface area (Å²) in [4.78, 5) is 22.1. The Hall–Kier alpha value is -3.22. The first kappa shape index (κ1) is 23.8. The molecule has 0 aromatic heterocycles. The smallest absolute Gasteiger partial charge is 0.330 e. The molecule has 7 heteroatoms. The Morgan fingerprint density at radius 3 is 2.11 bits per heavy atom. The van der Waals surface area contributed by atoms with Crippen molar-refractivity contribution < 1.29 is 14.3 Å². The Balaban J connectivity index is 0.000000941. The van der Waals surface area contributed by atoms with Crippen molar-refractivity contribution >= 4 is 23.3 Å². The monoisotopic (exact) mass is 372 g/mol. The molecule has 0 aliphatic rings. The van der Waals surface area contributed by atoms with Gasteiger partial charge in [-0.1, -0.05) is 49.1 Å². The molecule has 0 fully saturated rings. The molecule has 0 aliphatic carbocycles.